The molecule has 1 aromatic heterocycles. The van der Waals surface area contributed by atoms with Crippen molar-refractivity contribution in [2.24, 2.45) is 5.73 Å². The molecule has 0 bridgehead atoms. The molecular weight excluding hydrogens is 481 g/mol. The number of aromatic nitrogens is 1. The van der Waals surface area contributed by atoms with Crippen LogP contribution in [-0.4, -0.2) is 48.0 Å². The van der Waals surface area contributed by atoms with Crippen molar-refractivity contribution in [2.45, 2.75) is 31.2 Å². The lowest BCUT2D eigenvalue weighted by Crippen LogP contribution is -2.50. The van der Waals surface area contributed by atoms with Gasteiger partial charge >= 0.3 is 0 Å². The molecule has 2 aromatic carbocycles. The van der Waals surface area contributed by atoms with Crippen LogP contribution in [0.5, 0.6) is 0 Å². The Morgan fingerprint density at radius 3 is 2.62 bits per heavy atom. The molecule has 0 spiro atoms. The van der Waals surface area contributed by atoms with Crippen molar-refractivity contribution in [3.05, 3.63) is 69.3 Å². The normalized spacial score (nSPS) is 18.9. The Labute approximate surface area is 206 Å². The molecule has 1 saturated heterocycles. The van der Waals surface area contributed by atoms with E-state index in [1.165, 1.54) is 12.1 Å². The Kier molecular flexibility index (Phi) is 6.35. The largest absolute Gasteiger partial charge is 0.367 e. The Morgan fingerprint density at radius 2 is 1.85 bits per heavy atom. The number of amides is 1. The first-order chi connectivity index (χ1) is 16.3. The van der Waals surface area contributed by atoms with Crippen LogP contribution in [0.2, 0.25) is 10.0 Å². The lowest BCUT2D eigenvalue weighted by molar-refractivity contribution is -0.132. The number of benzene rings is 2. The zero-order valence-electron chi connectivity index (χ0n) is 18.4. The summed E-state index contributed by atoms with van der Waals surface area (Å²) in [5.41, 5.74) is 9.58. The molecule has 178 valence electrons. The van der Waals surface area contributed by atoms with E-state index >= 15 is 0 Å². The van der Waals surface area contributed by atoms with Gasteiger partial charge in [-0.05, 0) is 54.3 Å². The fourth-order valence-corrected chi connectivity index (χ4v) is 5.73. The van der Waals surface area contributed by atoms with Gasteiger partial charge in [0.05, 0.1) is 10.5 Å². The van der Waals surface area contributed by atoms with Crippen molar-refractivity contribution >= 4 is 45.7 Å². The summed E-state index contributed by atoms with van der Waals surface area (Å²) < 4.78 is 27.3. The van der Waals surface area contributed by atoms with Crippen LogP contribution in [0.3, 0.4) is 0 Å². The molecular formula is C25H24Cl2F2N4O. The Balaban J connectivity index is 1.24. The summed E-state index contributed by atoms with van der Waals surface area (Å²) in [4.78, 5) is 21.4. The molecule has 2 heterocycles. The minimum atomic E-state index is -0.869. The van der Waals surface area contributed by atoms with Gasteiger partial charge in [0.15, 0.2) is 11.6 Å². The summed E-state index contributed by atoms with van der Waals surface area (Å²) in [6.45, 7) is 2.43. The minimum absolute atomic E-state index is 0.0196. The number of halogens is 4. The molecule has 9 heteroatoms. The molecule has 5 rings (SSSR count). The highest BCUT2D eigenvalue weighted by Gasteiger charge is 2.32. The van der Waals surface area contributed by atoms with Crippen LogP contribution < -0.4 is 10.6 Å². The van der Waals surface area contributed by atoms with Crippen LogP contribution >= 0.6 is 23.2 Å². The number of anilines is 1. The molecule has 1 aliphatic carbocycles. The lowest BCUT2D eigenvalue weighted by Gasteiger charge is -2.37. The van der Waals surface area contributed by atoms with E-state index in [1.54, 1.807) is 12.3 Å². The van der Waals surface area contributed by atoms with Gasteiger partial charge in [0.25, 0.3) is 0 Å². The van der Waals surface area contributed by atoms with Crippen molar-refractivity contribution in [3.8, 4) is 0 Å². The van der Waals surface area contributed by atoms with E-state index in [1.807, 2.05) is 17.0 Å². The highest BCUT2D eigenvalue weighted by atomic mass is 35.5. The van der Waals surface area contributed by atoms with Gasteiger partial charge in [0.2, 0.25) is 5.91 Å². The Morgan fingerprint density at radius 1 is 1.12 bits per heavy atom. The predicted molar refractivity (Wildman–Crippen MR) is 131 cm³/mol. The first-order valence-electron chi connectivity index (χ1n) is 11.3. The van der Waals surface area contributed by atoms with Crippen LogP contribution in [0.1, 0.15) is 29.9 Å². The molecule has 2 atom stereocenters. The third-order valence-electron chi connectivity index (χ3n) is 6.95. The first kappa shape index (κ1) is 23.3. The molecule has 5 nitrogen and oxygen atoms in total. The van der Waals surface area contributed by atoms with Crippen molar-refractivity contribution in [3.63, 3.8) is 0 Å². The van der Waals surface area contributed by atoms with Gasteiger partial charge in [-0.2, -0.15) is 0 Å². The summed E-state index contributed by atoms with van der Waals surface area (Å²) in [6.07, 6.45) is 3.24. The zero-order chi connectivity index (χ0) is 24.0. The van der Waals surface area contributed by atoms with Gasteiger partial charge in [-0.3, -0.25) is 9.78 Å². The molecule has 2 aliphatic rings. The first-order valence-corrected chi connectivity index (χ1v) is 12.1. The van der Waals surface area contributed by atoms with Crippen molar-refractivity contribution in [1.82, 2.24) is 9.88 Å². The number of fused-ring (bicyclic) bond motifs is 2. The number of piperazine rings is 1. The number of hydrogen-bond acceptors (Lipinski definition) is 4. The fourth-order valence-electron chi connectivity index (χ4n) is 5.19. The second-order valence-electron chi connectivity index (χ2n) is 8.96. The van der Waals surface area contributed by atoms with Gasteiger partial charge in [0.1, 0.15) is 0 Å². The van der Waals surface area contributed by atoms with Gasteiger partial charge in [-0.25, -0.2) is 8.78 Å². The molecule has 3 aromatic rings. The predicted octanol–water partition coefficient (Wildman–Crippen LogP) is 4.92. The smallest absolute Gasteiger partial charge is 0.224 e. The van der Waals surface area contributed by atoms with E-state index in [-0.39, 0.29) is 18.2 Å². The van der Waals surface area contributed by atoms with Gasteiger partial charge < -0.3 is 15.5 Å². The average Bonchev–Trinajstić information content (AvgIpc) is 3.21. The topological polar surface area (TPSA) is 62.5 Å². The van der Waals surface area contributed by atoms with E-state index in [0.717, 1.165) is 22.2 Å². The van der Waals surface area contributed by atoms with Crippen molar-refractivity contribution in [1.29, 1.82) is 0 Å². The standard InChI is InChI=1S/C25H24Cl2F2N4O/c26-15-10-18-23(3-4-31-25(18)19(27)11-15)32-5-7-33(8-6-32)24(34)13-22(30)16-2-1-14-9-20(28)21(29)12-17(14)16/h3-4,9-12,16,22H,1-2,5-8,13,30H2. The van der Waals surface area contributed by atoms with E-state index in [0.29, 0.717) is 54.6 Å². The van der Waals surface area contributed by atoms with Crippen molar-refractivity contribution < 1.29 is 13.6 Å². The molecule has 2 unspecified atom stereocenters. The fraction of sp³-hybridized carbons (Fsp3) is 0.360. The number of carbonyl (C=O) groups is 1. The van der Waals surface area contributed by atoms with Gasteiger partial charge in [-0.1, -0.05) is 23.2 Å². The van der Waals surface area contributed by atoms with Crippen LogP contribution in [0.25, 0.3) is 10.9 Å². The van der Waals surface area contributed by atoms with Crippen LogP contribution in [0.15, 0.2) is 36.5 Å². The molecule has 1 amide bonds. The maximum Gasteiger partial charge on any atom is 0.224 e. The number of pyridine rings is 1. The molecule has 0 radical (unpaired) electrons. The van der Waals surface area contributed by atoms with E-state index in [2.05, 4.69) is 9.88 Å². The number of carbonyl (C=O) groups excluding carboxylic acids is 1. The molecule has 1 fully saturated rings. The van der Waals surface area contributed by atoms with Crippen LogP contribution in [0, 0.1) is 11.6 Å². The third kappa shape index (κ3) is 4.32. The Hall–Kier alpha value is -2.48. The summed E-state index contributed by atoms with van der Waals surface area (Å²) >= 11 is 12.5. The lowest BCUT2D eigenvalue weighted by atomic mass is 9.91. The zero-order valence-corrected chi connectivity index (χ0v) is 19.9. The monoisotopic (exact) mass is 504 g/mol. The van der Waals surface area contributed by atoms with Crippen molar-refractivity contribution in [2.75, 3.05) is 31.1 Å². The molecule has 0 saturated carbocycles. The van der Waals surface area contributed by atoms with Gasteiger partial charge in [0, 0.05) is 66.9 Å². The number of rotatable bonds is 4. The number of aryl methyl sites for hydroxylation is 1. The minimum Gasteiger partial charge on any atom is -0.367 e. The SMILES string of the molecule is NC(CC(=O)N1CCN(c2ccnc3c(Cl)cc(Cl)cc23)CC1)C1CCc2cc(F)c(F)cc21. The highest BCUT2D eigenvalue weighted by molar-refractivity contribution is 6.38. The number of nitrogens with zero attached hydrogens (tertiary/aromatic N) is 3. The van der Waals surface area contributed by atoms with Gasteiger partial charge in [-0.15, -0.1) is 0 Å². The third-order valence-corrected chi connectivity index (χ3v) is 7.45. The van der Waals surface area contributed by atoms with E-state index in [4.69, 9.17) is 28.9 Å². The van der Waals surface area contributed by atoms with E-state index in [9.17, 15) is 13.6 Å². The van der Waals surface area contributed by atoms with E-state index < -0.39 is 17.7 Å². The number of hydrogen-bond donors (Lipinski definition) is 1. The van der Waals surface area contributed by atoms with Crippen LogP contribution in [0.4, 0.5) is 14.5 Å². The number of nitrogens with two attached hydrogens (primary N) is 1. The maximum atomic E-state index is 13.8. The van der Waals surface area contributed by atoms with Crippen LogP contribution in [-0.2, 0) is 11.2 Å². The molecule has 1 aliphatic heterocycles. The average molecular weight is 505 g/mol. The quantitative estimate of drug-likeness (QED) is 0.547. The molecule has 34 heavy (non-hydrogen) atoms. The second-order valence-corrected chi connectivity index (χ2v) is 9.80. The maximum absolute atomic E-state index is 13.8. The highest BCUT2D eigenvalue weighted by Crippen LogP contribution is 2.37. The second kappa shape index (κ2) is 9.29. The Bertz CT molecular complexity index is 1260. The molecule has 2 N–H and O–H groups in total. The summed E-state index contributed by atoms with van der Waals surface area (Å²) in [5, 5.41) is 1.93. The summed E-state index contributed by atoms with van der Waals surface area (Å²) in [5.74, 6) is -1.87. The summed E-state index contributed by atoms with van der Waals surface area (Å²) in [7, 11) is 0. The summed E-state index contributed by atoms with van der Waals surface area (Å²) in [6, 6.07) is 7.52.